The number of carbonyl (C=O) groups excluding carboxylic acids is 2. The lowest BCUT2D eigenvalue weighted by Gasteiger charge is -2.22. The van der Waals surface area contributed by atoms with E-state index in [9.17, 15) is 19.1 Å². The van der Waals surface area contributed by atoms with E-state index in [1.807, 2.05) is 19.9 Å². The number of carbonyl (C=O) groups is 2. The molecule has 2 aromatic carbocycles. The summed E-state index contributed by atoms with van der Waals surface area (Å²) in [5.74, 6) is -0.451. The van der Waals surface area contributed by atoms with Gasteiger partial charge in [0.05, 0.1) is 39.6 Å². The normalized spacial score (nSPS) is 12.1. The van der Waals surface area contributed by atoms with E-state index < -0.39 is 24.3 Å². The van der Waals surface area contributed by atoms with Gasteiger partial charge in [0, 0.05) is 19.1 Å². The number of esters is 1. The molecule has 0 amide bonds. The Kier molecular flexibility index (Phi) is 13.6. The second-order valence-corrected chi connectivity index (χ2v) is 9.05. The van der Waals surface area contributed by atoms with Crippen molar-refractivity contribution in [2.45, 2.75) is 45.6 Å². The highest BCUT2D eigenvalue weighted by molar-refractivity contribution is 5.96. The Labute approximate surface area is 229 Å². The topological polar surface area (TPSA) is 101 Å². The number of ether oxygens (including phenoxy) is 5. The van der Waals surface area contributed by atoms with Crippen molar-refractivity contribution in [3.8, 4) is 22.6 Å². The molecule has 0 spiro atoms. The fraction of sp³-hybridized carbons (Fsp3) is 0.467. The van der Waals surface area contributed by atoms with E-state index in [1.54, 1.807) is 32.2 Å². The van der Waals surface area contributed by atoms with Crippen LogP contribution in [0.4, 0.5) is 4.39 Å². The SMILES string of the molecule is CCOC(=O)CC(=O)CC(O)/C=C/c1c(C(C)C)cc(OCCOCCOC)c(OC)c1-c1ccc(F)cc1. The lowest BCUT2D eigenvalue weighted by Crippen LogP contribution is -2.16. The smallest absolute Gasteiger partial charge is 0.313 e. The van der Waals surface area contributed by atoms with Crippen LogP contribution < -0.4 is 9.47 Å². The van der Waals surface area contributed by atoms with Gasteiger partial charge in [-0.2, -0.15) is 0 Å². The third kappa shape index (κ3) is 10.1. The molecule has 0 saturated carbocycles. The molecule has 1 N–H and O–H groups in total. The lowest BCUT2D eigenvalue weighted by molar-refractivity contribution is -0.145. The third-order valence-electron chi connectivity index (χ3n) is 5.76. The predicted octanol–water partition coefficient (Wildman–Crippen LogP) is 4.95. The molecule has 39 heavy (non-hydrogen) atoms. The average Bonchev–Trinajstić information content (AvgIpc) is 2.89. The molecule has 0 aromatic heterocycles. The van der Waals surface area contributed by atoms with E-state index in [4.69, 9.17) is 23.7 Å². The van der Waals surface area contributed by atoms with Crippen LogP contribution in [0.1, 0.15) is 50.7 Å². The second-order valence-electron chi connectivity index (χ2n) is 9.05. The molecule has 0 aliphatic heterocycles. The van der Waals surface area contributed by atoms with Crippen LogP contribution in [0.15, 0.2) is 36.4 Å². The Hall–Kier alpha value is -3.27. The summed E-state index contributed by atoms with van der Waals surface area (Å²) in [6.07, 6.45) is 1.46. The molecule has 0 radical (unpaired) electrons. The monoisotopic (exact) mass is 546 g/mol. The fourth-order valence-electron chi connectivity index (χ4n) is 3.95. The molecule has 2 aromatic rings. The molecule has 0 saturated heterocycles. The fourth-order valence-corrected chi connectivity index (χ4v) is 3.95. The molecule has 9 heteroatoms. The van der Waals surface area contributed by atoms with Crippen LogP contribution in [0.5, 0.6) is 11.5 Å². The minimum absolute atomic E-state index is 0.0395. The summed E-state index contributed by atoms with van der Waals surface area (Å²) < 4.78 is 40.9. The Morgan fingerprint density at radius 2 is 1.74 bits per heavy atom. The van der Waals surface area contributed by atoms with Gasteiger partial charge in [0.2, 0.25) is 0 Å². The number of hydrogen-bond donors (Lipinski definition) is 1. The van der Waals surface area contributed by atoms with Gasteiger partial charge in [0.15, 0.2) is 11.5 Å². The van der Waals surface area contributed by atoms with Crippen molar-refractivity contribution in [2.24, 2.45) is 0 Å². The Bertz CT molecular complexity index is 1100. The number of benzene rings is 2. The number of hydrogen-bond acceptors (Lipinski definition) is 8. The van der Waals surface area contributed by atoms with Crippen LogP contribution in [0.25, 0.3) is 17.2 Å². The molecule has 0 fully saturated rings. The van der Waals surface area contributed by atoms with Gasteiger partial charge in [0.1, 0.15) is 24.6 Å². The largest absolute Gasteiger partial charge is 0.492 e. The van der Waals surface area contributed by atoms with Crippen LogP contribution in [-0.4, -0.2) is 70.2 Å². The number of halogens is 1. The summed E-state index contributed by atoms with van der Waals surface area (Å²) >= 11 is 0. The van der Waals surface area contributed by atoms with Gasteiger partial charge >= 0.3 is 5.97 Å². The van der Waals surface area contributed by atoms with Crippen LogP contribution in [-0.2, 0) is 23.8 Å². The molecule has 0 bridgehead atoms. The molecule has 0 aliphatic rings. The number of ketones is 1. The first-order chi connectivity index (χ1) is 18.7. The molecule has 0 aliphatic carbocycles. The maximum Gasteiger partial charge on any atom is 0.313 e. The van der Waals surface area contributed by atoms with Gasteiger partial charge in [-0.3, -0.25) is 9.59 Å². The van der Waals surface area contributed by atoms with Crippen LogP contribution >= 0.6 is 0 Å². The van der Waals surface area contributed by atoms with Crippen LogP contribution in [0.2, 0.25) is 0 Å². The van der Waals surface area contributed by atoms with E-state index in [-0.39, 0.29) is 31.4 Å². The maximum atomic E-state index is 13.8. The summed E-state index contributed by atoms with van der Waals surface area (Å²) in [6, 6.07) is 7.88. The van der Waals surface area contributed by atoms with Gasteiger partial charge < -0.3 is 28.8 Å². The quantitative estimate of drug-likeness (QED) is 0.169. The highest BCUT2D eigenvalue weighted by Gasteiger charge is 2.22. The number of rotatable bonds is 17. The van der Waals surface area contributed by atoms with Crippen molar-refractivity contribution in [1.82, 2.24) is 0 Å². The van der Waals surface area contributed by atoms with E-state index >= 15 is 0 Å². The van der Waals surface area contributed by atoms with Crippen molar-refractivity contribution in [3.05, 3.63) is 53.4 Å². The molecular formula is C30H39FO8. The molecule has 8 nitrogen and oxygen atoms in total. The van der Waals surface area contributed by atoms with E-state index in [0.29, 0.717) is 42.4 Å². The highest BCUT2D eigenvalue weighted by Crippen LogP contribution is 2.45. The van der Waals surface area contributed by atoms with Crippen molar-refractivity contribution < 1.29 is 42.8 Å². The number of aliphatic hydroxyl groups excluding tert-OH is 1. The standard InChI is InChI=1S/C30H39FO8/c1-6-38-28(34)18-24(33)17-23(32)11-12-25-26(20(2)3)19-27(39-16-15-37-14-13-35-4)30(36-5)29(25)21-7-9-22(31)10-8-21/h7-12,19-20,23,32H,6,13-18H2,1-5H3/b12-11+. The minimum atomic E-state index is -1.13. The van der Waals surface area contributed by atoms with Crippen LogP contribution in [0, 0.1) is 5.82 Å². The Balaban J connectivity index is 2.46. The second kappa shape index (κ2) is 16.6. The summed E-state index contributed by atoms with van der Waals surface area (Å²) in [5, 5.41) is 10.5. The molecule has 1 unspecified atom stereocenters. The zero-order chi connectivity index (χ0) is 28.8. The Morgan fingerprint density at radius 3 is 2.36 bits per heavy atom. The van der Waals surface area contributed by atoms with Crippen molar-refractivity contribution >= 4 is 17.8 Å². The van der Waals surface area contributed by atoms with Crippen molar-refractivity contribution in [2.75, 3.05) is 47.3 Å². The van der Waals surface area contributed by atoms with E-state index in [2.05, 4.69) is 0 Å². The van der Waals surface area contributed by atoms with Gasteiger partial charge in [-0.25, -0.2) is 4.39 Å². The number of Topliss-reactive ketones (excluding diaryl/α,β-unsaturated/α-hetero) is 1. The first kappa shape index (κ1) is 31.9. The summed E-state index contributed by atoms with van der Waals surface area (Å²) in [4.78, 5) is 23.8. The zero-order valence-corrected chi connectivity index (χ0v) is 23.3. The van der Waals surface area contributed by atoms with Crippen molar-refractivity contribution in [3.63, 3.8) is 0 Å². The molecular weight excluding hydrogens is 507 g/mol. The number of aliphatic hydroxyl groups is 1. The van der Waals surface area contributed by atoms with Crippen molar-refractivity contribution in [1.29, 1.82) is 0 Å². The minimum Gasteiger partial charge on any atom is -0.492 e. The lowest BCUT2D eigenvalue weighted by atomic mass is 9.88. The first-order valence-electron chi connectivity index (χ1n) is 13.0. The average molecular weight is 547 g/mol. The molecule has 214 valence electrons. The van der Waals surface area contributed by atoms with Crippen LogP contribution in [0.3, 0.4) is 0 Å². The number of methoxy groups -OCH3 is 2. The zero-order valence-electron chi connectivity index (χ0n) is 23.3. The van der Waals surface area contributed by atoms with Gasteiger partial charge in [-0.15, -0.1) is 0 Å². The van der Waals surface area contributed by atoms with Gasteiger partial charge in [-0.1, -0.05) is 38.1 Å². The Morgan fingerprint density at radius 1 is 1.05 bits per heavy atom. The van der Waals surface area contributed by atoms with Gasteiger partial charge in [0.25, 0.3) is 0 Å². The molecule has 0 heterocycles. The summed E-state index contributed by atoms with van der Waals surface area (Å²) in [7, 11) is 3.13. The summed E-state index contributed by atoms with van der Waals surface area (Å²) in [5.41, 5.74) is 2.96. The van der Waals surface area contributed by atoms with Gasteiger partial charge in [-0.05, 0) is 47.7 Å². The highest BCUT2D eigenvalue weighted by atomic mass is 19.1. The maximum absolute atomic E-state index is 13.8. The van der Waals surface area contributed by atoms with E-state index in [1.165, 1.54) is 25.3 Å². The predicted molar refractivity (Wildman–Crippen MR) is 147 cm³/mol. The van der Waals surface area contributed by atoms with E-state index in [0.717, 1.165) is 11.1 Å². The molecule has 2 rings (SSSR count). The first-order valence-corrected chi connectivity index (χ1v) is 13.0. The molecule has 1 atom stereocenters. The third-order valence-corrected chi connectivity index (χ3v) is 5.76. The summed E-state index contributed by atoms with van der Waals surface area (Å²) in [6.45, 7) is 7.43.